The Hall–Kier alpha value is -2.51. The Labute approximate surface area is 179 Å². The quantitative estimate of drug-likeness (QED) is 0.721. The van der Waals surface area contributed by atoms with E-state index >= 15 is 0 Å². The number of hydrogen-bond acceptors (Lipinski definition) is 6. The molecule has 0 spiro atoms. The van der Waals surface area contributed by atoms with Gasteiger partial charge in [0, 0.05) is 22.3 Å². The van der Waals surface area contributed by atoms with Gasteiger partial charge in [0.15, 0.2) is 11.5 Å². The number of nitrogens with zero attached hydrogens (tertiary/aromatic N) is 2. The van der Waals surface area contributed by atoms with E-state index in [0.29, 0.717) is 22.2 Å². The number of nitrogens with one attached hydrogen (secondary N) is 1. The molecule has 8 heteroatoms. The number of anilines is 1. The number of hydrogen-bond donors (Lipinski definition) is 1. The van der Waals surface area contributed by atoms with Gasteiger partial charge in [-0.05, 0) is 38.1 Å². The third kappa shape index (κ3) is 5.31. The van der Waals surface area contributed by atoms with Gasteiger partial charge in [0.2, 0.25) is 5.91 Å². The van der Waals surface area contributed by atoms with E-state index in [1.807, 2.05) is 38.1 Å². The number of rotatable bonds is 6. The average molecular weight is 432 g/mol. The highest BCUT2D eigenvalue weighted by molar-refractivity contribution is 8.16. The molecule has 6 nitrogen and oxygen atoms in total. The first-order valence-corrected chi connectivity index (χ1v) is 10.3. The summed E-state index contributed by atoms with van der Waals surface area (Å²) in [5.41, 5.74) is 1.77. The normalized spacial score (nSPS) is 14.8. The molecule has 3 rings (SSSR count). The van der Waals surface area contributed by atoms with Crippen molar-refractivity contribution >= 4 is 45.7 Å². The number of halogens is 1. The van der Waals surface area contributed by atoms with Crippen molar-refractivity contribution in [1.82, 2.24) is 0 Å². The monoisotopic (exact) mass is 431 g/mol. The van der Waals surface area contributed by atoms with Gasteiger partial charge in [-0.15, -0.1) is 0 Å². The van der Waals surface area contributed by atoms with Gasteiger partial charge in [0.1, 0.15) is 10.7 Å². The number of carbonyl (C=O) groups is 1. The Morgan fingerprint density at radius 1 is 1.07 bits per heavy atom. The summed E-state index contributed by atoms with van der Waals surface area (Å²) < 4.78 is 10.5. The van der Waals surface area contributed by atoms with Crippen molar-refractivity contribution in [2.45, 2.75) is 19.5 Å². The summed E-state index contributed by atoms with van der Waals surface area (Å²) in [4.78, 5) is 21.8. The van der Waals surface area contributed by atoms with Gasteiger partial charge in [-0.2, -0.15) is 0 Å². The number of methoxy groups -OCH3 is 2. The SMILES string of the molecule is COc1ccc(NC(=O)CSC2=NC(C)(C)N=C2c2ccc(Cl)cc2)cc1OC. The summed E-state index contributed by atoms with van der Waals surface area (Å²) in [6.07, 6.45) is 0. The summed E-state index contributed by atoms with van der Waals surface area (Å²) >= 11 is 7.34. The molecule has 0 saturated heterocycles. The Kier molecular flexibility index (Phi) is 6.49. The zero-order valence-corrected chi connectivity index (χ0v) is 18.2. The molecule has 0 aliphatic carbocycles. The molecule has 152 valence electrons. The van der Waals surface area contributed by atoms with E-state index in [4.69, 9.17) is 26.1 Å². The largest absolute Gasteiger partial charge is 0.493 e. The lowest BCUT2D eigenvalue weighted by Gasteiger charge is -2.11. The Bertz CT molecular complexity index is 972. The summed E-state index contributed by atoms with van der Waals surface area (Å²) in [6.45, 7) is 3.86. The highest BCUT2D eigenvalue weighted by Gasteiger charge is 2.28. The molecule has 1 aliphatic heterocycles. The van der Waals surface area contributed by atoms with Crippen LogP contribution in [0.25, 0.3) is 0 Å². The molecule has 1 heterocycles. The van der Waals surface area contributed by atoms with Gasteiger partial charge in [0.25, 0.3) is 0 Å². The summed E-state index contributed by atoms with van der Waals surface area (Å²) in [5, 5.41) is 4.26. The van der Waals surface area contributed by atoms with Crippen molar-refractivity contribution in [1.29, 1.82) is 0 Å². The first kappa shape index (κ1) is 21.2. The Balaban J connectivity index is 1.67. The molecule has 1 amide bonds. The molecule has 1 aliphatic rings. The Morgan fingerprint density at radius 2 is 1.76 bits per heavy atom. The molecular weight excluding hydrogens is 410 g/mol. The van der Waals surface area contributed by atoms with E-state index in [0.717, 1.165) is 16.3 Å². The topological polar surface area (TPSA) is 72.3 Å². The van der Waals surface area contributed by atoms with E-state index in [-0.39, 0.29) is 11.7 Å². The van der Waals surface area contributed by atoms with Crippen LogP contribution in [0.3, 0.4) is 0 Å². The molecule has 0 radical (unpaired) electrons. The van der Waals surface area contributed by atoms with Crippen LogP contribution >= 0.6 is 23.4 Å². The fourth-order valence-corrected chi connectivity index (χ4v) is 3.84. The number of ether oxygens (including phenoxy) is 2. The maximum absolute atomic E-state index is 12.5. The van der Waals surface area contributed by atoms with Crippen molar-refractivity contribution in [3.63, 3.8) is 0 Å². The van der Waals surface area contributed by atoms with E-state index in [1.165, 1.54) is 11.8 Å². The third-order valence-corrected chi connectivity index (χ3v) is 5.30. The Morgan fingerprint density at radius 3 is 2.41 bits per heavy atom. The second kappa shape index (κ2) is 8.88. The smallest absolute Gasteiger partial charge is 0.234 e. The van der Waals surface area contributed by atoms with Crippen molar-refractivity contribution in [2.24, 2.45) is 9.98 Å². The molecule has 0 unspecified atom stereocenters. The van der Waals surface area contributed by atoms with Gasteiger partial charge in [0.05, 0.1) is 25.7 Å². The van der Waals surface area contributed by atoms with Crippen LogP contribution in [0.4, 0.5) is 5.69 Å². The highest BCUT2D eigenvalue weighted by Crippen LogP contribution is 2.30. The first-order chi connectivity index (χ1) is 13.8. The maximum Gasteiger partial charge on any atom is 0.234 e. The van der Waals surface area contributed by atoms with Crippen LogP contribution in [-0.2, 0) is 4.79 Å². The van der Waals surface area contributed by atoms with Gasteiger partial charge in [-0.3, -0.25) is 9.79 Å². The zero-order chi connectivity index (χ0) is 21.0. The zero-order valence-electron chi connectivity index (χ0n) is 16.7. The molecule has 0 bridgehead atoms. The van der Waals surface area contributed by atoms with Gasteiger partial charge >= 0.3 is 0 Å². The fourth-order valence-electron chi connectivity index (χ4n) is 2.79. The predicted molar refractivity (Wildman–Crippen MR) is 120 cm³/mol. The summed E-state index contributed by atoms with van der Waals surface area (Å²) in [6, 6.07) is 12.7. The molecule has 0 atom stereocenters. The van der Waals surface area contributed by atoms with Gasteiger partial charge in [-0.1, -0.05) is 35.5 Å². The minimum Gasteiger partial charge on any atom is -0.493 e. The highest BCUT2D eigenvalue weighted by atomic mass is 35.5. The van der Waals surface area contributed by atoms with Crippen molar-refractivity contribution in [2.75, 3.05) is 25.3 Å². The van der Waals surface area contributed by atoms with Gasteiger partial charge in [-0.25, -0.2) is 4.99 Å². The second-order valence-electron chi connectivity index (χ2n) is 6.79. The number of carbonyl (C=O) groups excluding carboxylic acids is 1. The number of amides is 1. The molecule has 0 fully saturated rings. The molecule has 2 aromatic rings. The lowest BCUT2D eigenvalue weighted by Crippen LogP contribution is -2.17. The van der Waals surface area contributed by atoms with Crippen LogP contribution < -0.4 is 14.8 Å². The summed E-state index contributed by atoms with van der Waals surface area (Å²) in [7, 11) is 3.12. The van der Waals surface area contributed by atoms with E-state index in [9.17, 15) is 4.79 Å². The van der Waals surface area contributed by atoms with Crippen molar-refractivity contribution in [3.05, 3.63) is 53.1 Å². The number of thioether (sulfide) groups is 1. The van der Waals surface area contributed by atoms with Crippen molar-refractivity contribution < 1.29 is 14.3 Å². The van der Waals surface area contributed by atoms with Crippen molar-refractivity contribution in [3.8, 4) is 11.5 Å². The van der Waals surface area contributed by atoms with Crippen LogP contribution in [0, 0.1) is 0 Å². The van der Waals surface area contributed by atoms with E-state index in [2.05, 4.69) is 10.3 Å². The molecule has 29 heavy (non-hydrogen) atoms. The maximum atomic E-state index is 12.5. The second-order valence-corrected chi connectivity index (χ2v) is 8.19. The lowest BCUT2D eigenvalue weighted by atomic mass is 10.1. The lowest BCUT2D eigenvalue weighted by molar-refractivity contribution is -0.113. The number of benzene rings is 2. The summed E-state index contributed by atoms with van der Waals surface area (Å²) in [5.74, 6) is 1.21. The molecule has 0 saturated carbocycles. The van der Waals surface area contributed by atoms with E-state index in [1.54, 1.807) is 32.4 Å². The minimum atomic E-state index is -0.558. The van der Waals surface area contributed by atoms with Crippen LogP contribution in [-0.4, -0.2) is 42.3 Å². The molecular formula is C21H22ClN3O3S. The fraction of sp³-hybridized carbons (Fsp3) is 0.286. The third-order valence-electron chi connectivity index (χ3n) is 4.09. The molecule has 1 N–H and O–H groups in total. The van der Waals surface area contributed by atoms with Crippen LogP contribution in [0.2, 0.25) is 5.02 Å². The molecule has 0 aromatic heterocycles. The minimum absolute atomic E-state index is 0.148. The van der Waals surface area contributed by atoms with E-state index < -0.39 is 5.66 Å². The predicted octanol–water partition coefficient (Wildman–Crippen LogP) is 4.67. The number of aliphatic imine (C=N–C) groups is 2. The van der Waals surface area contributed by atoms with Crippen LogP contribution in [0.5, 0.6) is 11.5 Å². The van der Waals surface area contributed by atoms with Crippen LogP contribution in [0.1, 0.15) is 19.4 Å². The first-order valence-electron chi connectivity index (χ1n) is 8.92. The molecule has 2 aromatic carbocycles. The standard InChI is InChI=1S/C21H22ClN3O3S/c1-21(2)24-19(13-5-7-14(22)8-6-13)20(25-21)29-12-18(26)23-15-9-10-16(27-3)17(11-15)28-4/h5-11H,12H2,1-4H3,(H,23,26). The van der Waals surface area contributed by atoms with Crippen LogP contribution in [0.15, 0.2) is 52.4 Å². The van der Waals surface area contributed by atoms with Gasteiger partial charge < -0.3 is 14.8 Å². The average Bonchev–Trinajstić information content (AvgIpc) is 3.01.